The monoisotopic (exact) mass is 428 g/mol. The molecule has 0 aliphatic carbocycles. The van der Waals surface area contributed by atoms with Crippen molar-refractivity contribution in [1.29, 1.82) is 0 Å². The lowest BCUT2D eigenvalue weighted by Gasteiger charge is -2.14. The Kier molecular flexibility index (Phi) is 6.08. The molecule has 1 amide bonds. The van der Waals surface area contributed by atoms with E-state index in [1.165, 1.54) is 18.9 Å². The number of nitrogens with one attached hydrogen (secondary N) is 2. The Morgan fingerprint density at radius 1 is 1.03 bits per heavy atom. The lowest BCUT2D eigenvalue weighted by atomic mass is 10.1. The fourth-order valence-electron chi connectivity index (χ4n) is 3.71. The minimum atomic E-state index is -4.40. The van der Waals surface area contributed by atoms with Crippen LogP contribution >= 0.6 is 0 Å². The highest BCUT2D eigenvalue weighted by atomic mass is 19.4. The van der Waals surface area contributed by atoms with Crippen molar-refractivity contribution in [3.8, 4) is 22.5 Å². The first kappa shape index (κ1) is 21.1. The maximum absolute atomic E-state index is 12.9. The van der Waals surface area contributed by atoms with E-state index in [4.69, 9.17) is 0 Å². The summed E-state index contributed by atoms with van der Waals surface area (Å²) in [4.78, 5) is 14.7. The SMILES string of the molecule is O=C(NCCN1CCCC1)c1ccc(-c2cc(-c3cccc(C(F)(F)F)c3)n[nH]2)cc1. The van der Waals surface area contributed by atoms with Crippen molar-refractivity contribution >= 4 is 5.91 Å². The molecule has 0 radical (unpaired) electrons. The molecule has 162 valence electrons. The molecule has 1 fully saturated rings. The molecule has 2 aromatic carbocycles. The van der Waals surface area contributed by atoms with Crippen LogP contribution in [0.5, 0.6) is 0 Å². The van der Waals surface area contributed by atoms with Gasteiger partial charge in [0.15, 0.2) is 0 Å². The van der Waals surface area contributed by atoms with Crippen LogP contribution in [-0.4, -0.2) is 47.2 Å². The molecule has 31 heavy (non-hydrogen) atoms. The zero-order chi connectivity index (χ0) is 21.8. The van der Waals surface area contributed by atoms with Gasteiger partial charge in [-0.15, -0.1) is 0 Å². The summed E-state index contributed by atoms with van der Waals surface area (Å²) in [5.41, 5.74) is 2.10. The minimum absolute atomic E-state index is 0.125. The molecule has 5 nitrogen and oxygen atoms in total. The van der Waals surface area contributed by atoms with Crippen molar-refractivity contribution in [1.82, 2.24) is 20.4 Å². The molecule has 2 heterocycles. The number of alkyl halides is 3. The fourth-order valence-corrected chi connectivity index (χ4v) is 3.71. The average Bonchev–Trinajstić information content (AvgIpc) is 3.46. The van der Waals surface area contributed by atoms with Gasteiger partial charge in [-0.1, -0.05) is 24.3 Å². The van der Waals surface area contributed by atoms with Gasteiger partial charge in [-0.05, 0) is 61.8 Å². The highest BCUT2D eigenvalue weighted by Crippen LogP contribution is 2.32. The van der Waals surface area contributed by atoms with Crippen molar-refractivity contribution in [2.45, 2.75) is 19.0 Å². The number of amides is 1. The molecule has 3 aromatic rings. The molecule has 0 bridgehead atoms. The van der Waals surface area contributed by atoms with E-state index in [1.807, 2.05) is 0 Å². The zero-order valence-corrected chi connectivity index (χ0v) is 16.9. The summed E-state index contributed by atoms with van der Waals surface area (Å²) in [6, 6.07) is 13.8. The van der Waals surface area contributed by atoms with Gasteiger partial charge in [0.05, 0.1) is 17.0 Å². The Bertz CT molecular complexity index is 1040. The number of H-pyrrole nitrogens is 1. The molecule has 2 N–H and O–H groups in total. The van der Waals surface area contributed by atoms with Crippen LogP contribution in [0.1, 0.15) is 28.8 Å². The van der Waals surface area contributed by atoms with E-state index in [0.29, 0.717) is 29.1 Å². The predicted molar refractivity (Wildman–Crippen MR) is 112 cm³/mol. The third-order valence-electron chi connectivity index (χ3n) is 5.43. The predicted octanol–water partition coefficient (Wildman–Crippen LogP) is 4.59. The van der Waals surface area contributed by atoms with Crippen LogP contribution < -0.4 is 5.32 Å². The van der Waals surface area contributed by atoms with Gasteiger partial charge in [0.1, 0.15) is 0 Å². The number of hydrogen-bond acceptors (Lipinski definition) is 3. The average molecular weight is 428 g/mol. The van der Waals surface area contributed by atoms with Crippen LogP contribution in [0.2, 0.25) is 0 Å². The van der Waals surface area contributed by atoms with Gasteiger partial charge < -0.3 is 10.2 Å². The highest BCUT2D eigenvalue weighted by Gasteiger charge is 2.30. The molecule has 0 unspecified atom stereocenters. The number of benzene rings is 2. The quantitative estimate of drug-likeness (QED) is 0.604. The Hall–Kier alpha value is -3.13. The van der Waals surface area contributed by atoms with Gasteiger partial charge in [-0.25, -0.2) is 0 Å². The minimum Gasteiger partial charge on any atom is -0.351 e. The molecule has 0 saturated carbocycles. The second-order valence-corrected chi connectivity index (χ2v) is 7.63. The van der Waals surface area contributed by atoms with Crippen molar-refractivity contribution in [2.24, 2.45) is 0 Å². The first-order valence-corrected chi connectivity index (χ1v) is 10.2. The van der Waals surface area contributed by atoms with Crippen molar-refractivity contribution in [3.63, 3.8) is 0 Å². The summed E-state index contributed by atoms with van der Waals surface area (Å²) in [7, 11) is 0. The standard InChI is InChI=1S/C23H23F3N4O/c24-23(25,26)19-5-3-4-18(14-19)21-15-20(28-29-21)16-6-8-17(9-7-16)22(31)27-10-13-30-11-1-2-12-30/h3-9,14-15H,1-2,10-13H2,(H,27,31)(H,28,29). The third-order valence-corrected chi connectivity index (χ3v) is 5.43. The maximum atomic E-state index is 12.9. The summed E-state index contributed by atoms with van der Waals surface area (Å²) in [6.07, 6.45) is -1.96. The summed E-state index contributed by atoms with van der Waals surface area (Å²) in [5, 5.41) is 9.94. The number of carbonyl (C=O) groups excluding carboxylic acids is 1. The molecule has 1 aliphatic rings. The van der Waals surface area contributed by atoms with E-state index in [2.05, 4.69) is 20.4 Å². The number of aromatic nitrogens is 2. The third kappa shape index (κ3) is 5.14. The van der Waals surface area contributed by atoms with E-state index in [1.54, 1.807) is 36.4 Å². The lowest BCUT2D eigenvalue weighted by Crippen LogP contribution is -2.33. The van der Waals surface area contributed by atoms with Gasteiger partial charge in [0.25, 0.3) is 5.91 Å². The first-order chi connectivity index (χ1) is 14.9. The normalized spacial score (nSPS) is 14.7. The summed E-state index contributed by atoms with van der Waals surface area (Å²) < 4.78 is 38.8. The van der Waals surface area contributed by atoms with Gasteiger partial charge in [0.2, 0.25) is 0 Å². The second kappa shape index (κ2) is 8.93. The van der Waals surface area contributed by atoms with Gasteiger partial charge in [-0.3, -0.25) is 9.89 Å². The van der Waals surface area contributed by atoms with Crippen LogP contribution in [0.15, 0.2) is 54.6 Å². The Morgan fingerprint density at radius 3 is 2.48 bits per heavy atom. The van der Waals surface area contributed by atoms with Crippen molar-refractivity contribution in [2.75, 3.05) is 26.2 Å². The van der Waals surface area contributed by atoms with Crippen LogP contribution in [0, 0.1) is 0 Å². The van der Waals surface area contributed by atoms with Gasteiger partial charge in [-0.2, -0.15) is 18.3 Å². The number of nitrogens with zero attached hydrogens (tertiary/aromatic N) is 2. The van der Waals surface area contributed by atoms with Crippen molar-refractivity contribution in [3.05, 3.63) is 65.7 Å². The Balaban J connectivity index is 1.40. The largest absolute Gasteiger partial charge is 0.416 e. The van der Waals surface area contributed by atoms with E-state index in [9.17, 15) is 18.0 Å². The first-order valence-electron chi connectivity index (χ1n) is 10.2. The topological polar surface area (TPSA) is 61.0 Å². The molecule has 0 spiro atoms. The van der Waals surface area contributed by atoms with Crippen LogP contribution in [0.3, 0.4) is 0 Å². The molecule has 1 aliphatic heterocycles. The number of carbonyl (C=O) groups is 1. The lowest BCUT2D eigenvalue weighted by molar-refractivity contribution is -0.137. The Labute approximate surface area is 178 Å². The Morgan fingerprint density at radius 2 is 1.77 bits per heavy atom. The number of halogens is 3. The number of rotatable bonds is 6. The summed E-state index contributed by atoms with van der Waals surface area (Å²) >= 11 is 0. The number of aromatic amines is 1. The molecular weight excluding hydrogens is 405 g/mol. The smallest absolute Gasteiger partial charge is 0.351 e. The summed E-state index contributed by atoms with van der Waals surface area (Å²) in [5.74, 6) is -0.125. The molecule has 0 atom stereocenters. The summed E-state index contributed by atoms with van der Waals surface area (Å²) in [6.45, 7) is 3.66. The van der Waals surface area contributed by atoms with Crippen LogP contribution in [0.25, 0.3) is 22.5 Å². The molecule has 8 heteroatoms. The van der Waals surface area contributed by atoms with Crippen LogP contribution in [-0.2, 0) is 6.18 Å². The van der Waals surface area contributed by atoms with Gasteiger partial charge in [0, 0.05) is 24.2 Å². The van der Waals surface area contributed by atoms with E-state index >= 15 is 0 Å². The van der Waals surface area contributed by atoms with E-state index < -0.39 is 11.7 Å². The van der Waals surface area contributed by atoms with E-state index in [-0.39, 0.29) is 5.91 Å². The highest BCUT2D eigenvalue weighted by molar-refractivity contribution is 5.94. The maximum Gasteiger partial charge on any atom is 0.416 e. The molecule has 1 aromatic heterocycles. The van der Waals surface area contributed by atoms with Crippen molar-refractivity contribution < 1.29 is 18.0 Å². The molecule has 4 rings (SSSR count). The molecular formula is C23H23F3N4O. The zero-order valence-electron chi connectivity index (χ0n) is 16.9. The fraction of sp³-hybridized carbons (Fsp3) is 0.304. The second-order valence-electron chi connectivity index (χ2n) is 7.63. The molecule has 1 saturated heterocycles. The van der Waals surface area contributed by atoms with Gasteiger partial charge >= 0.3 is 6.18 Å². The number of hydrogen-bond donors (Lipinski definition) is 2. The van der Waals surface area contributed by atoms with Crippen LogP contribution in [0.4, 0.5) is 13.2 Å². The van der Waals surface area contributed by atoms with E-state index in [0.717, 1.165) is 37.3 Å². The number of likely N-dealkylation sites (tertiary alicyclic amines) is 1.